The molecule has 0 spiro atoms. The van der Waals surface area contributed by atoms with Gasteiger partial charge in [0.1, 0.15) is 0 Å². The molecule has 2 rings (SSSR count). The summed E-state index contributed by atoms with van der Waals surface area (Å²) in [6, 6.07) is 0. The van der Waals surface area contributed by atoms with E-state index >= 15 is 0 Å². The maximum Gasteiger partial charge on any atom is 0.256 e. The number of piperidine rings is 1. The van der Waals surface area contributed by atoms with Crippen molar-refractivity contribution in [1.29, 1.82) is 0 Å². The van der Waals surface area contributed by atoms with Crippen molar-refractivity contribution < 1.29 is 14.7 Å². The first-order valence-electron chi connectivity index (χ1n) is 7.65. The second-order valence-corrected chi connectivity index (χ2v) is 8.53. The number of aliphatic hydroxyl groups is 1. The van der Waals surface area contributed by atoms with Crippen molar-refractivity contribution in [2.45, 2.75) is 50.4 Å². The van der Waals surface area contributed by atoms with Gasteiger partial charge in [0.05, 0.1) is 6.54 Å². The first-order valence-corrected chi connectivity index (χ1v) is 8.63. The van der Waals surface area contributed by atoms with Crippen LogP contribution in [0.15, 0.2) is 0 Å². The van der Waals surface area contributed by atoms with Crippen LogP contribution in [0.5, 0.6) is 0 Å². The normalized spacial score (nSPS) is 29.9. The Bertz CT molecular complexity index is 427. The maximum absolute atomic E-state index is 12.7. The van der Waals surface area contributed by atoms with Gasteiger partial charge in [-0.25, -0.2) is 0 Å². The summed E-state index contributed by atoms with van der Waals surface area (Å²) >= 11 is 1.87. The first kappa shape index (κ1) is 16.6. The Kier molecular flexibility index (Phi) is 4.88. The number of β-amino-alcohol motifs (C(OH)–C–C–N with tert-alkyl or cyclic N) is 1. The highest BCUT2D eigenvalue weighted by atomic mass is 32.2. The molecule has 120 valence electrons. The number of nitrogens with zero attached hydrogens (tertiary/aromatic N) is 2. The summed E-state index contributed by atoms with van der Waals surface area (Å²) in [6.07, 6.45) is 2.05. The predicted octanol–water partition coefficient (Wildman–Crippen LogP) is 1.10. The van der Waals surface area contributed by atoms with Crippen LogP contribution in [-0.4, -0.2) is 69.0 Å². The van der Waals surface area contributed by atoms with Gasteiger partial charge in [-0.2, -0.15) is 11.8 Å². The van der Waals surface area contributed by atoms with Crippen molar-refractivity contribution in [2.24, 2.45) is 0 Å². The number of carbonyl (C=O) groups is 2. The number of carbonyl (C=O) groups excluding carboxylic acids is 2. The molecule has 0 aliphatic carbocycles. The lowest BCUT2D eigenvalue weighted by Gasteiger charge is -2.40. The number of likely N-dealkylation sites (tertiary alicyclic amines) is 1. The molecule has 6 heteroatoms. The van der Waals surface area contributed by atoms with Crippen LogP contribution in [0.3, 0.4) is 0 Å². The molecule has 0 saturated carbocycles. The number of thioether (sulfide) groups is 1. The minimum Gasteiger partial charge on any atom is -0.378 e. The van der Waals surface area contributed by atoms with Gasteiger partial charge < -0.3 is 14.9 Å². The fraction of sp³-hybridized carbons (Fsp3) is 0.867. The number of hydrogen-bond acceptors (Lipinski definition) is 4. The summed E-state index contributed by atoms with van der Waals surface area (Å²) in [6.45, 7) is 8.00. The highest BCUT2D eigenvalue weighted by Crippen LogP contribution is 2.32. The van der Waals surface area contributed by atoms with Gasteiger partial charge in [0, 0.05) is 37.1 Å². The number of rotatable bonds is 1. The molecule has 1 atom stereocenters. The van der Waals surface area contributed by atoms with Crippen LogP contribution in [0, 0.1) is 0 Å². The molecule has 21 heavy (non-hydrogen) atoms. The van der Waals surface area contributed by atoms with Gasteiger partial charge in [0.25, 0.3) is 5.91 Å². The smallest absolute Gasteiger partial charge is 0.256 e. The molecule has 2 fully saturated rings. The standard InChI is InChI=1S/C15H26N2O3S/c1-12(18)17-7-4-5-15(20,11-17)13(19)16-8-6-14(2,3)21-10-9-16/h20H,4-11H2,1-3H3. The van der Waals surface area contributed by atoms with Gasteiger partial charge in [0.2, 0.25) is 5.91 Å². The van der Waals surface area contributed by atoms with Crippen LogP contribution in [0.1, 0.15) is 40.0 Å². The van der Waals surface area contributed by atoms with Gasteiger partial charge in [-0.05, 0) is 19.3 Å². The van der Waals surface area contributed by atoms with E-state index in [4.69, 9.17) is 0 Å². The molecule has 0 radical (unpaired) electrons. The molecule has 0 bridgehead atoms. The molecule has 2 heterocycles. The second-order valence-electron chi connectivity index (χ2n) is 6.73. The van der Waals surface area contributed by atoms with Gasteiger partial charge in [0.15, 0.2) is 5.60 Å². The Balaban J connectivity index is 2.05. The lowest BCUT2D eigenvalue weighted by atomic mass is 9.91. The minimum atomic E-state index is -1.40. The van der Waals surface area contributed by atoms with Crippen molar-refractivity contribution >= 4 is 23.6 Å². The van der Waals surface area contributed by atoms with E-state index in [2.05, 4.69) is 13.8 Å². The monoisotopic (exact) mass is 314 g/mol. The molecule has 5 nitrogen and oxygen atoms in total. The Morgan fingerprint density at radius 2 is 1.81 bits per heavy atom. The molecule has 1 unspecified atom stereocenters. The van der Waals surface area contributed by atoms with E-state index in [0.29, 0.717) is 32.5 Å². The summed E-state index contributed by atoms with van der Waals surface area (Å²) in [4.78, 5) is 27.6. The van der Waals surface area contributed by atoms with Crippen molar-refractivity contribution in [2.75, 3.05) is 31.9 Å². The van der Waals surface area contributed by atoms with Crippen molar-refractivity contribution in [3.63, 3.8) is 0 Å². The van der Waals surface area contributed by atoms with Crippen LogP contribution >= 0.6 is 11.8 Å². The van der Waals surface area contributed by atoms with Crippen LogP contribution in [0.4, 0.5) is 0 Å². The van der Waals surface area contributed by atoms with Crippen molar-refractivity contribution in [1.82, 2.24) is 9.80 Å². The average molecular weight is 314 g/mol. The van der Waals surface area contributed by atoms with E-state index in [9.17, 15) is 14.7 Å². The zero-order chi connectivity index (χ0) is 15.7. The maximum atomic E-state index is 12.7. The van der Waals surface area contributed by atoms with E-state index in [1.165, 1.54) is 6.92 Å². The topological polar surface area (TPSA) is 60.9 Å². The molecule has 0 aromatic rings. The lowest BCUT2D eigenvalue weighted by Crippen LogP contribution is -2.59. The van der Waals surface area contributed by atoms with Gasteiger partial charge in [-0.3, -0.25) is 9.59 Å². The SMILES string of the molecule is CC(=O)N1CCCC(O)(C(=O)N2CCSC(C)(C)CC2)C1. The summed E-state index contributed by atoms with van der Waals surface area (Å²) in [5.41, 5.74) is -1.40. The summed E-state index contributed by atoms with van der Waals surface area (Å²) in [5, 5.41) is 10.7. The van der Waals surface area contributed by atoms with Crippen LogP contribution in [-0.2, 0) is 9.59 Å². The predicted molar refractivity (Wildman–Crippen MR) is 84.2 cm³/mol. The molecular weight excluding hydrogens is 288 g/mol. The zero-order valence-electron chi connectivity index (χ0n) is 13.2. The Morgan fingerprint density at radius 1 is 1.10 bits per heavy atom. The van der Waals surface area contributed by atoms with Crippen LogP contribution in [0.25, 0.3) is 0 Å². The Hall–Kier alpha value is -0.750. The third-order valence-corrected chi connectivity index (χ3v) is 5.81. The third-order valence-electron chi connectivity index (χ3n) is 4.44. The summed E-state index contributed by atoms with van der Waals surface area (Å²) in [5.74, 6) is 0.617. The van der Waals surface area contributed by atoms with Gasteiger partial charge >= 0.3 is 0 Å². The third kappa shape index (κ3) is 3.92. The average Bonchev–Trinajstić information content (AvgIpc) is 2.59. The molecule has 2 amide bonds. The van der Waals surface area contributed by atoms with Gasteiger partial charge in [-0.1, -0.05) is 13.8 Å². The highest BCUT2D eigenvalue weighted by molar-refractivity contribution is 8.00. The molecule has 0 aromatic heterocycles. The molecule has 2 saturated heterocycles. The molecular formula is C15H26N2O3S. The van der Waals surface area contributed by atoms with Gasteiger partial charge in [-0.15, -0.1) is 0 Å². The first-order chi connectivity index (χ1) is 9.73. The number of amides is 2. The van der Waals surface area contributed by atoms with Crippen molar-refractivity contribution in [3.05, 3.63) is 0 Å². The fourth-order valence-electron chi connectivity index (χ4n) is 3.00. The Morgan fingerprint density at radius 3 is 2.48 bits per heavy atom. The van der Waals surface area contributed by atoms with Crippen LogP contribution in [0.2, 0.25) is 0 Å². The van der Waals surface area contributed by atoms with E-state index in [0.717, 1.165) is 12.2 Å². The summed E-state index contributed by atoms with van der Waals surface area (Å²) in [7, 11) is 0. The highest BCUT2D eigenvalue weighted by Gasteiger charge is 2.44. The number of hydrogen-bond donors (Lipinski definition) is 1. The molecule has 0 aromatic carbocycles. The Labute approximate surface area is 131 Å². The second kappa shape index (κ2) is 6.16. The summed E-state index contributed by atoms with van der Waals surface area (Å²) < 4.78 is 0.176. The van der Waals surface area contributed by atoms with Crippen LogP contribution < -0.4 is 0 Å². The van der Waals surface area contributed by atoms with Crippen molar-refractivity contribution in [3.8, 4) is 0 Å². The largest absolute Gasteiger partial charge is 0.378 e. The molecule has 2 aliphatic rings. The lowest BCUT2D eigenvalue weighted by molar-refractivity contribution is -0.159. The fourth-order valence-corrected chi connectivity index (χ4v) is 4.10. The quantitative estimate of drug-likeness (QED) is 0.787. The van der Waals surface area contributed by atoms with E-state index in [-0.39, 0.29) is 23.1 Å². The van der Waals surface area contributed by atoms with E-state index < -0.39 is 5.60 Å². The zero-order valence-corrected chi connectivity index (χ0v) is 14.0. The minimum absolute atomic E-state index is 0.0755. The van der Waals surface area contributed by atoms with E-state index in [1.807, 2.05) is 11.8 Å². The van der Waals surface area contributed by atoms with E-state index in [1.54, 1.807) is 9.80 Å². The molecule has 2 aliphatic heterocycles. The molecule has 1 N–H and O–H groups in total.